The van der Waals surface area contributed by atoms with Gasteiger partial charge in [-0.05, 0) is 30.4 Å². The second-order valence-corrected chi connectivity index (χ2v) is 5.00. The monoisotopic (exact) mass is 217 g/mol. The summed E-state index contributed by atoms with van der Waals surface area (Å²) in [6, 6.07) is 2.20. The van der Waals surface area contributed by atoms with Gasteiger partial charge in [-0.3, -0.25) is 5.10 Å². The molecule has 0 spiro atoms. The average Bonchev–Trinajstić information content (AvgIpc) is 2.58. The summed E-state index contributed by atoms with van der Waals surface area (Å²) in [7, 11) is 0. The van der Waals surface area contributed by atoms with Crippen LogP contribution in [0.5, 0.6) is 0 Å². The topological polar surface area (TPSA) is 41.6 Å². The lowest BCUT2D eigenvalue weighted by molar-refractivity contribution is 0.813. The van der Waals surface area contributed by atoms with Crippen molar-refractivity contribution in [2.45, 2.75) is 46.5 Å². The van der Waals surface area contributed by atoms with Gasteiger partial charge in [-0.2, -0.15) is 5.10 Å². The Hall–Kier alpha value is -1.38. The summed E-state index contributed by atoms with van der Waals surface area (Å²) in [5.41, 5.74) is 4.44. The van der Waals surface area contributed by atoms with Crippen molar-refractivity contribution in [1.29, 1.82) is 0 Å². The fourth-order valence-corrected chi connectivity index (χ4v) is 2.11. The predicted octanol–water partition coefficient (Wildman–Crippen LogP) is 3.51. The maximum atomic E-state index is 4.66. The van der Waals surface area contributed by atoms with Crippen molar-refractivity contribution in [1.82, 2.24) is 15.2 Å². The molecule has 0 fully saturated rings. The van der Waals surface area contributed by atoms with Crippen LogP contribution < -0.4 is 0 Å². The number of pyridine rings is 1. The molecular weight excluding hydrogens is 198 g/mol. The summed E-state index contributed by atoms with van der Waals surface area (Å²) >= 11 is 0. The zero-order chi connectivity index (χ0) is 11.9. The molecule has 2 aromatic rings. The van der Waals surface area contributed by atoms with Gasteiger partial charge in [-0.15, -0.1) is 0 Å². The van der Waals surface area contributed by atoms with Crippen LogP contribution in [0.15, 0.2) is 6.07 Å². The summed E-state index contributed by atoms with van der Waals surface area (Å²) < 4.78 is 0. The first kappa shape index (κ1) is 11.1. The SMILES string of the molecule is Cc1cc2c(C(C)C)n[nH]c2nc1C(C)C. The second-order valence-electron chi connectivity index (χ2n) is 5.00. The molecule has 0 atom stereocenters. The summed E-state index contributed by atoms with van der Waals surface area (Å²) in [6.45, 7) is 10.8. The van der Waals surface area contributed by atoms with Crippen LogP contribution in [-0.4, -0.2) is 15.2 Å². The van der Waals surface area contributed by atoms with E-state index in [-0.39, 0.29) is 0 Å². The Balaban J connectivity index is 2.66. The van der Waals surface area contributed by atoms with Gasteiger partial charge in [0, 0.05) is 11.1 Å². The van der Waals surface area contributed by atoms with Gasteiger partial charge >= 0.3 is 0 Å². The predicted molar refractivity (Wildman–Crippen MR) is 66.8 cm³/mol. The molecule has 2 heterocycles. The third kappa shape index (κ3) is 1.70. The molecule has 0 unspecified atom stereocenters. The molecule has 0 saturated heterocycles. The number of nitrogens with zero attached hydrogens (tertiary/aromatic N) is 2. The van der Waals surface area contributed by atoms with Crippen LogP contribution in [0.4, 0.5) is 0 Å². The van der Waals surface area contributed by atoms with Gasteiger partial charge in [0.2, 0.25) is 0 Å². The summed E-state index contributed by atoms with van der Waals surface area (Å²) in [6.07, 6.45) is 0. The molecule has 0 aliphatic carbocycles. The van der Waals surface area contributed by atoms with E-state index in [2.05, 4.69) is 55.9 Å². The maximum absolute atomic E-state index is 4.66. The Labute approximate surface area is 96.3 Å². The molecule has 0 saturated carbocycles. The standard InChI is InChI=1S/C13H19N3/c1-7(2)11-9(5)6-10-12(8(3)4)15-16-13(10)14-11/h6-8H,1-5H3,(H,14,15,16). The third-order valence-corrected chi connectivity index (χ3v) is 2.90. The van der Waals surface area contributed by atoms with Crippen LogP contribution in [0.25, 0.3) is 11.0 Å². The van der Waals surface area contributed by atoms with Gasteiger partial charge in [0.25, 0.3) is 0 Å². The number of hydrogen-bond acceptors (Lipinski definition) is 2. The lowest BCUT2D eigenvalue weighted by atomic mass is 10.0. The Morgan fingerprint density at radius 1 is 1.06 bits per heavy atom. The van der Waals surface area contributed by atoms with E-state index >= 15 is 0 Å². The number of aromatic amines is 1. The highest BCUT2D eigenvalue weighted by Crippen LogP contribution is 2.26. The molecule has 86 valence electrons. The minimum absolute atomic E-state index is 0.430. The van der Waals surface area contributed by atoms with Gasteiger partial charge in [-0.1, -0.05) is 27.7 Å². The number of aryl methyl sites for hydroxylation is 1. The van der Waals surface area contributed by atoms with Gasteiger partial charge in [-0.25, -0.2) is 4.98 Å². The molecule has 16 heavy (non-hydrogen) atoms. The molecule has 2 aromatic heterocycles. The van der Waals surface area contributed by atoms with Crippen LogP contribution in [0, 0.1) is 6.92 Å². The Kier molecular flexibility index (Phi) is 2.70. The zero-order valence-corrected chi connectivity index (χ0v) is 10.6. The average molecular weight is 217 g/mol. The smallest absolute Gasteiger partial charge is 0.155 e. The number of fused-ring (bicyclic) bond motifs is 1. The quantitative estimate of drug-likeness (QED) is 0.836. The van der Waals surface area contributed by atoms with E-state index in [1.807, 2.05) is 0 Å². The largest absolute Gasteiger partial charge is 0.261 e. The van der Waals surface area contributed by atoms with Crippen LogP contribution in [0.1, 0.15) is 56.5 Å². The lowest BCUT2D eigenvalue weighted by Crippen LogP contribution is -1.97. The molecule has 0 aliphatic rings. The first-order valence-electron chi connectivity index (χ1n) is 5.86. The molecule has 1 N–H and O–H groups in total. The first-order chi connectivity index (χ1) is 7.50. The van der Waals surface area contributed by atoms with Gasteiger partial charge in [0.1, 0.15) is 0 Å². The summed E-state index contributed by atoms with van der Waals surface area (Å²) in [4.78, 5) is 4.66. The van der Waals surface area contributed by atoms with Crippen molar-refractivity contribution in [3.05, 3.63) is 23.0 Å². The van der Waals surface area contributed by atoms with Crippen LogP contribution in [0.2, 0.25) is 0 Å². The van der Waals surface area contributed by atoms with Gasteiger partial charge < -0.3 is 0 Å². The van der Waals surface area contributed by atoms with Gasteiger partial charge in [0.05, 0.1) is 5.69 Å². The highest BCUT2D eigenvalue weighted by atomic mass is 15.1. The number of rotatable bonds is 2. The van der Waals surface area contributed by atoms with E-state index in [4.69, 9.17) is 0 Å². The third-order valence-electron chi connectivity index (χ3n) is 2.90. The molecule has 0 aliphatic heterocycles. The van der Waals surface area contributed by atoms with Crippen LogP contribution in [0.3, 0.4) is 0 Å². The molecule has 0 radical (unpaired) electrons. The number of H-pyrrole nitrogens is 1. The number of hydrogen-bond donors (Lipinski definition) is 1. The zero-order valence-electron chi connectivity index (χ0n) is 10.6. The molecule has 2 rings (SSSR count). The molecule has 3 nitrogen and oxygen atoms in total. The van der Waals surface area contributed by atoms with E-state index in [1.165, 1.54) is 5.56 Å². The van der Waals surface area contributed by atoms with Crippen molar-refractivity contribution in [2.24, 2.45) is 0 Å². The van der Waals surface area contributed by atoms with E-state index in [9.17, 15) is 0 Å². The van der Waals surface area contributed by atoms with Gasteiger partial charge in [0.15, 0.2) is 5.65 Å². The summed E-state index contributed by atoms with van der Waals surface area (Å²) in [5, 5.41) is 8.54. The minimum atomic E-state index is 0.430. The highest BCUT2D eigenvalue weighted by Gasteiger charge is 2.13. The van der Waals surface area contributed by atoms with Crippen LogP contribution >= 0.6 is 0 Å². The minimum Gasteiger partial charge on any atom is -0.261 e. The molecule has 0 amide bonds. The molecule has 0 aromatic carbocycles. The maximum Gasteiger partial charge on any atom is 0.155 e. The van der Waals surface area contributed by atoms with Crippen molar-refractivity contribution < 1.29 is 0 Å². The molecule has 3 heteroatoms. The van der Waals surface area contributed by atoms with E-state index in [0.29, 0.717) is 11.8 Å². The van der Waals surface area contributed by atoms with Crippen molar-refractivity contribution in [3.63, 3.8) is 0 Å². The first-order valence-corrected chi connectivity index (χ1v) is 5.86. The molecular formula is C13H19N3. The fraction of sp³-hybridized carbons (Fsp3) is 0.538. The Morgan fingerprint density at radius 2 is 1.69 bits per heavy atom. The van der Waals surface area contributed by atoms with E-state index < -0.39 is 0 Å². The Bertz CT molecular complexity index is 509. The summed E-state index contributed by atoms with van der Waals surface area (Å²) in [5.74, 6) is 0.884. The normalized spacial score (nSPS) is 11.9. The van der Waals surface area contributed by atoms with E-state index in [0.717, 1.165) is 22.4 Å². The van der Waals surface area contributed by atoms with E-state index in [1.54, 1.807) is 0 Å². The highest BCUT2D eigenvalue weighted by molar-refractivity contribution is 5.79. The Morgan fingerprint density at radius 3 is 2.25 bits per heavy atom. The lowest BCUT2D eigenvalue weighted by Gasteiger charge is -2.08. The number of aromatic nitrogens is 3. The van der Waals surface area contributed by atoms with Crippen molar-refractivity contribution in [3.8, 4) is 0 Å². The van der Waals surface area contributed by atoms with Crippen LogP contribution in [-0.2, 0) is 0 Å². The van der Waals surface area contributed by atoms with Crippen molar-refractivity contribution in [2.75, 3.05) is 0 Å². The van der Waals surface area contributed by atoms with Crippen molar-refractivity contribution >= 4 is 11.0 Å². The second kappa shape index (κ2) is 3.89. The fourth-order valence-electron chi connectivity index (χ4n) is 2.11. The number of nitrogens with one attached hydrogen (secondary N) is 1. The molecule has 0 bridgehead atoms.